The molecule has 1 unspecified atom stereocenters. The van der Waals surface area contributed by atoms with Crippen LogP contribution < -0.4 is 20.8 Å². The number of hydrogen-bond donors (Lipinski definition) is 2. The third kappa shape index (κ3) is 3.53. The Labute approximate surface area is 171 Å². The Hall–Kier alpha value is -3.76. The van der Waals surface area contributed by atoms with Crippen LogP contribution >= 0.6 is 11.6 Å². The van der Waals surface area contributed by atoms with Crippen LogP contribution in [0.25, 0.3) is 0 Å². The Balaban J connectivity index is 1.78. The van der Waals surface area contributed by atoms with Crippen molar-refractivity contribution in [2.45, 2.75) is 12.5 Å². The van der Waals surface area contributed by atoms with E-state index in [1.165, 1.54) is 6.33 Å². The van der Waals surface area contributed by atoms with Gasteiger partial charge in [0.05, 0.1) is 17.8 Å². The van der Waals surface area contributed by atoms with Crippen LogP contribution in [0.15, 0.2) is 71.1 Å². The summed E-state index contributed by atoms with van der Waals surface area (Å²) in [6, 6.07) is 16.5. The molecule has 29 heavy (non-hydrogen) atoms. The van der Waals surface area contributed by atoms with Crippen LogP contribution in [0.1, 0.15) is 22.6 Å². The first-order valence-electron chi connectivity index (χ1n) is 8.70. The van der Waals surface area contributed by atoms with E-state index in [4.69, 9.17) is 26.8 Å². The summed E-state index contributed by atoms with van der Waals surface area (Å²) in [6.45, 7) is 0.286. The SMILES string of the molecule is N#CC1=C(N)Oc2nc[nH]c(=O)c2C1c1ccccc1OCc1ccc(Cl)cc1. The summed E-state index contributed by atoms with van der Waals surface area (Å²) in [7, 11) is 0. The van der Waals surface area contributed by atoms with Gasteiger partial charge in [-0.1, -0.05) is 41.9 Å². The third-order valence-electron chi connectivity index (χ3n) is 4.56. The summed E-state index contributed by atoms with van der Waals surface area (Å²) in [6.07, 6.45) is 1.23. The first kappa shape index (κ1) is 18.6. The predicted octanol–water partition coefficient (Wildman–Crippen LogP) is 3.22. The fourth-order valence-electron chi connectivity index (χ4n) is 3.20. The Morgan fingerprint density at radius 3 is 2.76 bits per heavy atom. The molecule has 1 aromatic heterocycles. The van der Waals surface area contributed by atoms with Gasteiger partial charge in [0.2, 0.25) is 11.8 Å². The number of para-hydroxylation sites is 1. The number of aromatic amines is 1. The van der Waals surface area contributed by atoms with Gasteiger partial charge in [-0.05, 0) is 23.8 Å². The summed E-state index contributed by atoms with van der Waals surface area (Å²) in [5.74, 6) is -0.259. The molecule has 0 fully saturated rings. The molecule has 2 heterocycles. The molecule has 1 aliphatic rings. The van der Waals surface area contributed by atoms with Gasteiger partial charge in [-0.25, -0.2) is 4.98 Å². The largest absolute Gasteiger partial charge is 0.489 e. The number of allylic oxidation sites excluding steroid dienone is 1. The molecule has 3 N–H and O–H groups in total. The van der Waals surface area contributed by atoms with Crippen LogP contribution in [0.2, 0.25) is 5.02 Å². The number of rotatable bonds is 4. The molecular weight excluding hydrogens is 392 g/mol. The number of fused-ring (bicyclic) bond motifs is 1. The average molecular weight is 407 g/mol. The lowest BCUT2D eigenvalue weighted by Gasteiger charge is -2.25. The monoisotopic (exact) mass is 406 g/mol. The van der Waals surface area contributed by atoms with Gasteiger partial charge >= 0.3 is 0 Å². The molecule has 144 valence electrons. The van der Waals surface area contributed by atoms with E-state index in [1.54, 1.807) is 30.3 Å². The summed E-state index contributed by atoms with van der Waals surface area (Å²) >= 11 is 5.93. The lowest BCUT2D eigenvalue weighted by atomic mass is 9.84. The molecule has 0 aliphatic carbocycles. The molecule has 2 aromatic carbocycles. The predicted molar refractivity (Wildman–Crippen MR) is 106 cm³/mol. The van der Waals surface area contributed by atoms with E-state index in [2.05, 4.69) is 16.0 Å². The Morgan fingerprint density at radius 2 is 2.00 bits per heavy atom. The molecule has 1 aliphatic heterocycles. The number of H-pyrrole nitrogens is 1. The summed E-state index contributed by atoms with van der Waals surface area (Å²) in [5, 5.41) is 10.3. The van der Waals surface area contributed by atoms with Crippen LogP contribution in [0.4, 0.5) is 0 Å². The number of benzene rings is 2. The number of nitrogens with one attached hydrogen (secondary N) is 1. The molecule has 0 spiro atoms. The van der Waals surface area contributed by atoms with Crippen molar-refractivity contribution in [2.75, 3.05) is 0 Å². The van der Waals surface area contributed by atoms with Crippen LogP contribution in [0.5, 0.6) is 11.6 Å². The van der Waals surface area contributed by atoms with Crippen molar-refractivity contribution in [2.24, 2.45) is 5.73 Å². The number of hydrogen-bond acceptors (Lipinski definition) is 6. The topological polar surface area (TPSA) is 114 Å². The maximum atomic E-state index is 12.5. The van der Waals surface area contributed by atoms with Crippen molar-refractivity contribution < 1.29 is 9.47 Å². The number of nitriles is 1. The van der Waals surface area contributed by atoms with E-state index in [-0.39, 0.29) is 29.5 Å². The zero-order chi connectivity index (χ0) is 20.4. The van der Waals surface area contributed by atoms with Crippen molar-refractivity contribution in [3.8, 4) is 17.7 Å². The fourth-order valence-corrected chi connectivity index (χ4v) is 3.32. The number of aromatic nitrogens is 2. The highest BCUT2D eigenvalue weighted by atomic mass is 35.5. The zero-order valence-electron chi connectivity index (χ0n) is 15.1. The second-order valence-corrected chi connectivity index (χ2v) is 6.76. The van der Waals surface area contributed by atoms with E-state index >= 15 is 0 Å². The normalized spacial score (nSPS) is 15.2. The second kappa shape index (κ2) is 7.70. The molecule has 0 saturated heterocycles. The van der Waals surface area contributed by atoms with Crippen molar-refractivity contribution in [1.29, 1.82) is 5.26 Å². The van der Waals surface area contributed by atoms with Crippen molar-refractivity contribution in [3.63, 3.8) is 0 Å². The maximum absolute atomic E-state index is 12.5. The highest BCUT2D eigenvalue weighted by molar-refractivity contribution is 6.30. The summed E-state index contributed by atoms with van der Waals surface area (Å²) in [4.78, 5) is 19.1. The van der Waals surface area contributed by atoms with Crippen molar-refractivity contribution in [1.82, 2.24) is 9.97 Å². The van der Waals surface area contributed by atoms with Crippen molar-refractivity contribution in [3.05, 3.63) is 98.4 Å². The zero-order valence-corrected chi connectivity index (χ0v) is 15.8. The Bertz CT molecular complexity index is 1200. The molecule has 4 rings (SSSR count). The Kier molecular flexibility index (Phi) is 4.94. The maximum Gasteiger partial charge on any atom is 0.258 e. The number of nitrogens with two attached hydrogens (primary N) is 1. The minimum atomic E-state index is -0.761. The third-order valence-corrected chi connectivity index (χ3v) is 4.81. The van der Waals surface area contributed by atoms with Crippen LogP contribution in [0, 0.1) is 11.3 Å². The number of ether oxygens (including phenoxy) is 2. The van der Waals surface area contributed by atoms with E-state index in [0.717, 1.165) is 5.56 Å². The molecule has 3 aromatic rings. The molecule has 1 atom stereocenters. The lowest BCUT2D eigenvalue weighted by molar-refractivity contribution is 0.301. The smallest absolute Gasteiger partial charge is 0.258 e. The molecular formula is C21H15ClN4O3. The minimum absolute atomic E-state index is 0.0720. The molecule has 0 radical (unpaired) electrons. The summed E-state index contributed by atoms with van der Waals surface area (Å²) < 4.78 is 11.4. The highest BCUT2D eigenvalue weighted by Crippen LogP contribution is 2.42. The summed E-state index contributed by atoms with van der Waals surface area (Å²) in [5.41, 5.74) is 7.40. The van der Waals surface area contributed by atoms with Gasteiger partial charge in [0.15, 0.2) is 0 Å². The first-order chi connectivity index (χ1) is 14.1. The van der Waals surface area contributed by atoms with Gasteiger partial charge in [0.1, 0.15) is 24.0 Å². The standard InChI is InChI=1S/C21H15ClN4O3/c22-13-7-5-12(6-8-13)10-28-16-4-2-1-3-14(16)17-15(9-23)19(24)29-21-18(17)20(27)25-11-26-21/h1-8,11,17H,10,24H2,(H,25,26,27). The van der Waals surface area contributed by atoms with Gasteiger partial charge in [0.25, 0.3) is 5.56 Å². The van der Waals surface area contributed by atoms with Gasteiger partial charge < -0.3 is 20.2 Å². The minimum Gasteiger partial charge on any atom is -0.489 e. The molecule has 0 bridgehead atoms. The van der Waals surface area contributed by atoms with Gasteiger partial charge in [0, 0.05) is 10.6 Å². The Morgan fingerprint density at radius 1 is 1.24 bits per heavy atom. The van der Waals surface area contributed by atoms with Crippen LogP contribution in [-0.4, -0.2) is 9.97 Å². The molecule has 0 saturated carbocycles. The fraction of sp³-hybridized carbons (Fsp3) is 0.0952. The quantitative estimate of drug-likeness (QED) is 0.687. The van der Waals surface area contributed by atoms with E-state index < -0.39 is 11.5 Å². The van der Waals surface area contributed by atoms with E-state index in [0.29, 0.717) is 16.3 Å². The number of nitrogens with zero attached hydrogens (tertiary/aromatic N) is 2. The number of halogens is 1. The van der Waals surface area contributed by atoms with Gasteiger partial charge in [-0.15, -0.1) is 0 Å². The molecule has 7 nitrogen and oxygen atoms in total. The lowest BCUT2D eigenvalue weighted by Crippen LogP contribution is -2.28. The van der Waals surface area contributed by atoms with Crippen LogP contribution in [-0.2, 0) is 6.61 Å². The van der Waals surface area contributed by atoms with E-state index in [9.17, 15) is 10.1 Å². The van der Waals surface area contributed by atoms with E-state index in [1.807, 2.05) is 18.2 Å². The first-order valence-corrected chi connectivity index (χ1v) is 9.07. The van der Waals surface area contributed by atoms with Crippen LogP contribution in [0.3, 0.4) is 0 Å². The van der Waals surface area contributed by atoms with Gasteiger partial charge in [-0.2, -0.15) is 5.26 Å². The molecule has 0 amide bonds. The molecule has 8 heteroatoms. The second-order valence-electron chi connectivity index (χ2n) is 6.33. The highest BCUT2D eigenvalue weighted by Gasteiger charge is 2.35. The average Bonchev–Trinajstić information content (AvgIpc) is 2.73. The van der Waals surface area contributed by atoms with Crippen molar-refractivity contribution >= 4 is 11.6 Å². The van der Waals surface area contributed by atoms with Gasteiger partial charge in [-0.3, -0.25) is 4.79 Å².